The molecule has 8 heteroatoms. The number of halogens is 2. The minimum Gasteiger partial charge on any atom is -0.368 e. The van der Waals surface area contributed by atoms with Gasteiger partial charge in [-0.1, -0.05) is 44.2 Å². The zero-order chi connectivity index (χ0) is 23.3. The Morgan fingerprint density at radius 3 is 2.50 bits per heavy atom. The van der Waals surface area contributed by atoms with Gasteiger partial charge in [0.15, 0.2) is 5.67 Å². The molecule has 3 amide bonds. The van der Waals surface area contributed by atoms with Crippen molar-refractivity contribution in [2.45, 2.75) is 37.4 Å². The van der Waals surface area contributed by atoms with Gasteiger partial charge in [-0.05, 0) is 34.4 Å². The lowest BCUT2D eigenvalue weighted by Gasteiger charge is -2.22. The highest BCUT2D eigenvalue weighted by atomic mass is 19.2. The van der Waals surface area contributed by atoms with Gasteiger partial charge in [0.05, 0.1) is 13.1 Å². The van der Waals surface area contributed by atoms with Gasteiger partial charge >= 0.3 is 0 Å². The molecule has 4 rings (SSSR count). The number of hydrogen-bond donors (Lipinski definition) is 2. The number of fused-ring (bicyclic) bond motifs is 3. The Kier molecular flexibility index (Phi) is 5.27. The van der Waals surface area contributed by atoms with Crippen LogP contribution in [0.3, 0.4) is 0 Å². The van der Waals surface area contributed by atoms with Gasteiger partial charge in [-0.25, -0.2) is 8.78 Å². The van der Waals surface area contributed by atoms with Crippen LogP contribution in [0.5, 0.6) is 0 Å². The molecule has 0 saturated carbocycles. The van der Waals surface area contributed by atoms with E-state index in [0.717, 1.165) is 21.6 Å². The van der Waals surface area contributed by atoms with Crippen molar-refractivity contribution in [2.24, 2.45) is 5.73 Å². The number of likely N-dealkylation sites (tertiary alicyclic amines) is 1. The zero-order valence-electron chi connectivity index (χ0n) is 18.0. The van der Waals surface area contributed by atoms with E-state index in [4.69, 9.17) is 5.73 Å². The van der Waals surface area contributed by atoms with Crippen LogP contribution in [0.2, 0.25) is 0 Å². The van der Waals surface area contributed by atoms with E-state index in [1.807, 2.05) is 24.3 Å². The van der Waals surface area contributed by atoms with E-state index >= 15 is 0 Å². The molecule has 1 saturated heterocycles. The number of carbonyl (C=O) groups is 3. The molecular weight excluding hydrogens is 416 g/mol. The Balaban J connectivity index is 1.49. The molecule has 2 aromatic rings. The molecule has 0 spiro atoms. The van der Waals surface area contributed by atoms with Crippen molar-refractivity contribution in [3.8, 4) is 11.1 Å². The van der Waals surface area contributed by atoms with E-state index in [1.165, 1.54) is 5.56 Å². The first-order chi connectivity index (χ1) is 15.1. The number of hydrogen-bond acceptors (Lipinski definition) is 3. The van der Waals surface area contributed by atoms with Gasteiger partial charge in [0.1, 0.15) is 12.7 Å². The second-order valence-electron chi connectivity index (χ2n) is 9.04. The number of amides is 3. The van der Waals surface area contributed by atoms with Crippen LogP contribution in [-0.2, 0) is 15.0 Å². The first kappa shape index (κ1) is 21.9. The average molecular weight is 441 g/mol. The summed E-state index contributed by atoms with van der Waals surface area (Å²) in [6.07, 6.45) is -0.488. The van der Waals surface area contributed by atoms with E-state index in [-0.39, 0.29) is 5.41 Å². The van der Waals surface area contributed by atoms with Crippen molar-refractivity contribution in [3.63, 3.8) is 0 Å². The lowest BCUT2D eigenvalue weighted by Crippen LogP contribution is -2.47. The second kappa shape index (κ2) is 7.69. The van der Waals surface area contributed by atoms with Gasteiger partial charge in [-0.15, -0.1) is 0 Å². The fraction of sp³-hybridized carbons (Fsp3) is 0.375. The summed E-state index contributed by atoms with van der Waals surface area (Å²) < 4.78 is 27.4. The Bertz CT molecular complexity index is 1120. The molecule has 1 fully saturated rings. The van der Waals surface area contributed by atoms with Gasteiger partial charge in [-0.3, -0.25) is 14.4 Å². The highest BCUT2D eigenvalue weighted by Crippen LogP contribution is 2.48. The SMILES string of the molecule is CC1(C)c2ccccc2-c2cc(C(=O)NCC(=O)N3CC(F)(CF)CC3C(N)=O)ccc21. The predicted octanol–water partition coefficient (Wildman–Crippen LogP) is 2.49. The van der Waals surface area contributed by atoms with E-state index in [2.05, 4.69) is 25.2 Å². The Hall–Kier alpha value is -3.29. The number of rotatable bonds is 5. The van der Waals surface area contributed by atoms with Crippen LogP contribution in [0.1, 0.15) is 41.8 Å². The number of nitrogens with one attached hydrogen (secondary N) is 1. The monoisotopic (exact) mass is 441 g/mol. The number of alkyl halides is 2. The Labute approximate surface area is 184 Å². The summed E-state index contributed by atoms with van der Waals surface area (Å²) in [6.45, 7) is 1.91. The van der Waals surface area contributed by atoms with E-state index < -0.39 is 55.6 Å². The summed E-state index contributed by atoms with van der Waals surface area (Å²) >= 11 is 0. The number of nitrogens with two attached hydrogens (primary N) is 1. The molecule has 168 valence electrons. The number of benzene rings is 2. The molecule has 1 heterocycles. The molecule has 0 aromatic heterocycles. The summed E-state index contributed by atoms with van der Waals surface area (Å²) in [7, 11) is 0. The molecule has 1 aliphatic carbocycles. The smallest absolute Gasteiger partial charge is 0.251 e. The van der Waals surface area contributed by atoms with Crippen LogP contribution in [0.15, 0.2) is 42.5 Å². The topological polar surface area (TPSA) is 92.5 Å². The summed E-state index contributed by atoms with van der Waals surface area (Å²) in [5, 5.41) is 2.52. The van der Waals surface area contributed by atoms with Crippen LogP contribution in [0.25, 0.3) is 11.1 Å². The molecule has 32 heavy (non-hydrogen) atoms. The molecule has 2 aliphatic rings. The number of carbonyl (C=O) groups excluding carboxylic acids is 3. The maximum absolute atomic E-state index is 14.4. The highest BCUT2D eigenvalue weighted by Gasteiger charge is 2.49. The molecule has 2 atom stereocenters. The molecular formula is C24H25F2N3O3. The Morgan fingerprint density at radius 1 is 1.12 bits per heavy atom. The van der Waals surface area contributed by atoms with Gasteiger partial charge in [0.2, 0.25) is 11.8 Å². The lowest BCUT2D eigenvalue weighted by molar-refractivity contribution is -0.136. The zero-order valence-corrected chi connectivity index (χ0v) is 18.0. The van der Waals surface area contributed by atoms with Gasteiger partial charge in [-0.2, -0.15) is 0 Å². The van der Waals surface area contributed by atoms with Crippen LogP contribution < -0.4 is 11.1 Å². The van der Waals surface area contributed by atoms with Crippen LogP contribution in [0, 0.1) is 0 Å². The third-order valence-electron chi connectivity index (χ3n) is 6.52. The summed E-state index contributed by atoms with van der Waals surface area (Å²) in [5.74, 6) is -2.07. The van der Waals surface area contributed by atoms with E-state index in [9.17, 15) is 23.2 Å². The molecule has 2 unspecified atom stereocenters. The van der Waals surface area contributed by atoms with Crippen molar-refractivity contribution in [3.05, 3.63) is 59.2 Å². The van der Waals surface area contributed by atoms with E-state index in [0.29, 0.717) is 5.56 Å². The van der Waals surface area contributed by atoms with Crippen molar-refractivity contribution in [2.75, 3.05) is 19.8 Å². The minimum atomic E-state index is -2.31. The van der Waals surface area contributed by atoms with Crippen molar-refractivity contribution in [1.82, 2.24) is 10.2 Å². The summed E-state index contributed by atoms with van der Waals surface area (Å²) in [4.78, 5) is 37.8. The largest absolute Gasteiger partial charge is 0.368 e. The van der Waals surface area contributed by atoms with E-state index in [1.54, 1.807) is 12.1 Å². The minimum absolute atomic E-state index is 0.189. The summed E-state index contributed by atoms with van der Waals surface area (Å²) in [6, 6.07) is 12.2. The molecule has 3 N–H and O–H groups in total. The maximum atomic E-state index is 14.4. The lowest BCUT2D eigenvalue weighted by atomic mass is 9.82. The standard InChI is InChI=1S/C24H25F2N3O3/c1-23(2)17-6-4-3-5-15(17)16-9-14(7-8-18(16)23)22(32)28-11-20(30)29-13-24(26,12-25)10-19(29)21(27)31/h3-9,19H,10-13H2,1-2H3,(H2,27,31)(H,28,32). The first-order valence-electron chi connectivity index (χ1n) is 10.4. The van der Waals surface area contributed by atoms with Crippen molar-refractivity contribution >= 4 is 17.7 Å². The van der Waals surface area contributed by atoms with Crippen molar-refractivity contribution < 1.29 is 23.2 Å². The first-order valence-corrected chi connectivity index (χ1v) is 10.4. The molecule has 6 nitrogen and oxygen atoms in total. The van der Waals surface area contributed by atoms with Gasteiger partial charge < -0.3 is 16.0 Å². The van der Waals surface area contributed by atoms with Crippen LogP contribution >= 0.6 is 0 Å². The third kappa shape index (κ3) is 3.53. The number of primary amides is 1. The normalized spacial score (nSPS) is 22.9. The maximum Gasteiger partial charge on any atom is 0.251 e. The van der Waals surface area contributed by atoms with Crippen molar-refractivity contribution in [1.29, 1.82) is 0 Å². The highest BCUT2D eigenvalue weighted by molar-refractivity contribution is 5.99. The molecule has 1 aliphatic heterocycles. The number of nitrogens with zero attached hydrogens (tertiary/aromatic N) is 1. The fourth-order valence-electron chi connectivity index (χ4n) is 4.77. The second-order valence-corrected chi connectivity index (χ2v) is 9.04. The average Bonchev–Trinajstić information content (AvgIpc) is 3.25. The van der Waals surface area contributed by atoms with Crippen LogP contribution in [0.4, 0.5) is 8.78 Å². The van der Waals surface area contributed by atoms with Gasteiger partial charge in [0.25, 0.3) is 5.91 Å². The third-order valence-corrected chi connectivity index (χ3v) is 6.52. The molecule has 0 radical (unpaired) electrons. The Morgan fingerprint density at radius 2 is 1.81 bits per heavy atom. The van der Waals surface area contributed by atoms with Crippen LogP contribution in [-0.4, -0.2) is 54.1 Å². The predicted molar refractivity (Wildman–Crippen MR) is 115 cm³/mol. The fourth-order valence-corrected chi connectivity index (χ4v) is 4.77. The molecule has 0 bridgehead atoms. The molecule has 2 aromatic carbocycles. The van der Waals surface area contributed by atoms with Gasteiger partial charge in [0, 0.05) is 17.4 Å². The quantitative estimate of drug-likeness (QED) is 0.747. The summed E-state index contributed by atoms with van der Waals surface area (Å²) in [5.41, 5.74) is 7.44.